The number of carbonyl (C=O) groups excluding carboxylic acids is 1. The number of aromatic amines is 1. The quantitative estimate of drug-likeness (QED) is 0.718. The number of amides is 1. The summed E-state index contributed by atoms with van der Waals surface area (Å²) in [5.41, 5.74) is 2.35. The number of anilines is 1. The van der Waals surface area contributed by atoms with E-state index in [-0.39, 0.29) is 5.56 Å². The van der Waals surface area contributed by atoms with Crippen molar-refractivity contribution in [1.82, 2.24) is 10.2 Å². The molecule has 3 rings (SSSR count). The summed E-state index contributed by atoms with van der Waals surface area (Å²) in [5, 5.41) is 10.8. The van der Waals surface area contributed by atoms with Crippen LogP contribution < -0.4 is 10.9 Å². The maximum atomic E-state index is 11.8. The molecule has 3 aromatic rings. The van der Waals surface area contributed by atoms with E-state index in [0.29, 0.717) is 18.2 Å². The van der Waals surface area contributed by atoms with Crippen molar-refractivity contribution in [3.05, 3.63) is 70.1 Å². The van der Waals surface area contributed by atoms with Crippen LogP contribution in [-0.4, -0.2) is 16.6 Å². The van der Waals surface area contributed by atoms with Crippen LogP contribution in [0.25, 0.3) is 10.8 Å². The first-order chi connectivity index (χ1) is 10.3. The highest BCUT2D eigenvalue weighted by Gasteiger charge is 2.07. The minimum Gasteiger partial charge on any atom is -0.329 e. The average molecular weight is 279 g/mol. The summed E-state index contributed by atoms with van der Waals surface area (Å²) in [6.45, 7) is 0. The molecule has 2 N–H and O–H groups in total. The van der Waals surface area contributed by atoms with E-state index in [1.54, 1.807) is 6.07 Å². The normalized spacial score (nSPS) is 10.5. The molecule has 0 fully saturated rings. The number of nitrogens with zero attached hydrogens (tertiary/aromatic N) is 1. The largest absolute Gasteiger partial charge is 0.329 e. The molecule has 5 nitrogen and oxygen atoms in total. The Hall–Kier alpha value is -2.95. The van der Waals surface area contributed by atoms with Gasteiger partial charge < -0.3 is 5.32 Å². The molecular weight excluding hydrogens is 266 g/mol. The smallest absolute Gasteiger partial charge is 0.272 e. The zero-order valence-electron chi connectivity index (χ0n) is 11.2. The summed E-state index contributed by atoms with van der Waals surface area (Å²) in [6.07, 6.45) is 1.22. The molecule has 2 aromatic carbocycles. The third-order valence-corrected chi connectivity index (χ3v) is 3.30. The number of fused-ring (bicyclic) bond motifs is 1. The third-order valence-electron chi connectivity index (χ3n) is 3.30. The number of nitrogens with one attached hydrogen (secondary N) is 2. The molecule has 0 aliphatic carbocycles. The maximum Gasteiger partial charge on any atom is 0.272 e. The van der Waals surface area contributed by atoms with Gasteiger partial charge in [-0.25, -0.2) is 5.10 Å². The predicted molar refractivity (Wildman–Crippen MR) is 81.3 cm³/mol. The van der Waals surface area contributed by atoms with Gasteiger partial charge in [-0.05, 0) is 23.8 Å². The zero-order valence-corrected chi connectivity index (χ0v) is 11.2. The van der Waals surface area contributed by atoms with Gasteiger partial charge in [0.15, 0.2) is 0 Å². The van der Waals surface area contributed by atoms with Gasteiger partial charge in [0.2, 0.25) is 6.41 Å². The molecule has 0 aliphatic heterocycles. The Labute approximate surface area is 120 Å². The fraction of sp³-hybridized carbons (Fsp3) is 0.0625. The van der Waals surface area contributed by atoms with E-state index in [9.17, 15) is 9.59 Å². The molecule has 0 saturated carbocycles. The lowest BCUT2D eigenvalue weighted by atomic mass is 10.0. The van der Waals surface area contributed by atoms with Crippen LogP contribution in [0.4, 0.5) is 5.69 Å². The Morgan fingerprint density at radius 1 is 1.10 bits per heavy atom. The summed E-state index contributed by atoms with van der Waals surface area (Å²) >= 11 is 0. The minimum atomic E-state index is -0.189. The van der Waals surface area contributed by atoms with Crippen molar-refractivity contribution in [3.63, 3.8) is 0 Å². The fourth-order valence-corrected chi connectivity index (χ4v) is 2.34. The number of hydrogen-bond acceptors (Lipinski definition) is 3. The van der Waals surface area contributed by atoms with Crippen LogP contribution in [0.15, 0.2) is 53.3 Å². The van der Waals surface area contributed by atoms with E-state index in [1.807, 2.05) is 42.5 Å². The van der Waals surface area contributed by atoms with Gasteiger partial charge >= 0.3 is 0 Å². The summed E-state index contributed by atoms with van der Waals surface area (Å²) in [4.78, 5) is 22.2. The number of carbonyl (C=O) groups is 1. The van der Waals surface area contributed by atoms with Crippen LogP contribution in [0.2, 0.25) is 0 Å². The van der Waals surface area contributed by atoms with Crippen LogP contribution in [0.1, 0.15) is 11.3 Å². The van der Waals surface area contributed by atoms with Gasteiger partial charge in [0, 0.05) is 17.5 Å². The first kappa shape index (κ1) is 13.1. The molecule has 0 atom stereocenters. The zero-order chi connectivity index (χ0) is 14.7. The monoisotopic (exact) mass is 279 g/mol. The lowest BCUT2D eigenvalue weighted by molar-refractivity contribution is -0.105. The lowest BCUT2D eigenvalue weighted by Gasteiger charge is -2.06. The van der Waals surface area contributed by atoms with E-state index in [1.165, 1.54) is 0 Å². The van der Waals surface area contributed by atoms with E-state index in [2.05, 4.69) is 15.5 Å². The number of benzene rings is 2. The first-order valence-electron chi connectivity index (χ1n) is 6.53. The molecule has 21 heavy (non-hydrogen) atoms. The Kier molecular flexibility index (Phi) is 3.47. The molecule has 0 radical (unpaired) electrons. The Bertz CT molecular complexity index is 855. The summed E-state index contributed by atoms with van der Waals surface area (Å²) < 4.78 is 0. The molecule has 1 heterocycles. The van der Waals surface area contributed by atoms with Crippen molar-refractivity contribution in [1.29, 1.82) is 0 Å². The second-order valence-corrected chi connectivity index (χ2v) is 4.68. The van der Waals surface area contributed by atoms with Gasteiger partial charge in [-0.15, -0.1) is 0 Å². The standard InChI is InChI=1S/C16H13N3O2/c20-10-17-12-5-3-4-11(8-12)9-15-13-6-1-2-7-14(13)16(21)19-18-15/h1-8,10H,9H2,(H,17,20)(H,19,21). The molecule has 0 aliphatic rings. The lowest BCUT2D eigenvalue weighted by Crippen LogP contribution is -2.11. The number of H-pyrrole nitrogens is 1. The van der Waals surface area contributed by atoms with Gasteiger partial charge in [0.05, 0.1) is 11.1 Å². The van der Waals surface area contributed by atoms with Gasteiger partial charge in [-0.1, -0.05) is 30.3 Å². The Balaban J connectivity index is 2.02. The first-order valence-corrected chi connectivity index (χ1v) is 6.53. The SMILES string of the molecule is O=CNc1cccc(Cc2n[nH]c(=O)c3ccccc23)c1. The Morgan fingerprint density at radius 3 is 2.71 bits per heavy atom. The van der Waals surface area contributed by atoms with Crippen LogP contribution in [-0.2, 0) is 11.2 Å². The number of rotatable bonds is 4. The van der Waals surface area contributed by atoms with Crippen molar-refractivity contribution in [2.45, 2.75) is 6.42 Å². The second-order valence-electron chi connectivity index (χ2n) is 4.68. The molecular formula is C16H13N3O2. The molecule has 1 amide bonds. The minimum absolute atomic E-state index is 0.189. The van der Waals surface area contributed by atoms with E-state index >= 15 is 0 Å². The van der Waals surface area contributed by atoms with Crippen molar-refractivity contribution in [3.8, 4) is 0 Å². The van der Waals surface area contributed by atoms with E-state index in [0.717, 1.165) is 22.3 Å². The predicted octanol–water partition coefficient (Wildman–Crippen LogP) is 2.08. The van der Waals surface area contributed by atoms with Crippen molar-refractivity contribution in [2.75, 3.05) is 5.32 Å². The summed E-state index contributed by atoms with van der Waals surface area (Å²) in [6, 6.07) is 14.9. The van der Waals surface area contributed by atoms with Gasteiger partial charge in [0.25, 0.3) is 5.56 Å². The summed E-state index contributed by atoms with van der Waals surface area (Å²) in [7, 11) is 0. The molecule has 1 aromatic heterocycles. The molecule has 0 bridgehead atoms. The highest BCUT2D eigenvalue weighted by molar-refractivity contribution is 5.83. The van der Waals surface area contributed by atoms with Crippen LogP contribution in [0.3, 0.4) is 0 Å². The van der Waals surface area contributed by atoms with Crippen LogP contribution in [0.5, 0.6) is 0 Å². The fourth-order valence-electron chi connectivity index (χ4n) is 2.34. The molecule has 5 heteroatoms. The van der Waals surface area contributed by atoms with E-state index < -0.39 is 0 Å². The number of hydrogen-bond donors (Lipinski definition) is 2. The highest BCUT2D eigenvalue weighted by Crippen LogP contribution is 2.18. The molecule has 0 saturated heterocycles. The molecule has 0 spiro atoms. The average Bonchev–Trinajstić information content (AvgIpc) is 2.51. The van der Waals surface area contributed by atoms with Gasteiger partial charge in [0.1, 0.15) is 0 Å². The number of aromatic nitrogens is 2. The van der Waals surface area contributed by atoms with Crippen molar-refractivity contribution < 1.29 is 4.79 Å². The summed E-state index contributed by atoms with van der Waals surface area (Å²) in [5.74, 6) is 0. The second kappa shape index (κ2) is 5.58. The van der Waals surface area contributed by atoms with Gasteiger partial charge in [-0.3, -0.25) is 9.59 Å². The van der Waals surface area contributed by atoms with Gasteiger partial charge in [-0.2, -0.15) is 5.10 Å². The maximum absolute atomic E-state index is 11.8. The molecule has 104 valence electrons. The van der Waals surface area contributed by atoms with Crippen molar-refractivity contribution in [2.24, 2.45) is 0 Å². The Morgan fingerprint density at radius 2 is 1.90 bits per heavy atom. The van der Waals surface area contributed by atoms with Crippen LogP contribution >= 0.6 is 0 Å². The van der Waals surface area contributed by atoms with Crippen LogP contribution in [0, 0.1) is 0 Å². The third kappa shape index (κ3) is 2.67. The molecule has 0 unspecified atom stereocenters. The highest BCUT2D eigenvalue weighted by atomic mass is 16.1. The topological polar surface area (TPSA) is 74.8 Å². The van der Waals surface area contributed by atoms with Crippen molar-refractivity contribution >= 4 is 22.9 Å². The van der Waals surface area contributed by atoms with E-state index in [4.69, 9.17) is 0 Å².